The lowest BCUT2D eigenvalue weighted by Crippen LogP contribution is -2.35. The van der Waals surface area contributed by atoms with Crippen LogP contribution in [0, 0.1) is 10.1 Å². The summed E-state index contributed by atoms with van der Waals surface area (Å²) in [6.07, 6.45) is 4.35. The second kappa shape index (κ2) is 7.40. The van der Waals surface area contributed by atoms with Gasteiger partial charge in [-0.25, -0.2) is 0 Å². The minimum absolute atomic E-state index is 0.0598. The molecule has 1 amide bonds. The van der Waals surface area contributed by atoms with E-state index in [1.165, 1.54) is 12.1 Å². The second-order valence-corrected chi connectivity index (χ2v) is 5.81. The molecule has 0 saturated carbocycles. The Labute approximate surface area is 131 Å². The minimum atomic E-state index is -0.490. The molecule has 1 aliphatic rings. The fourth-order valence-corrected chi connectivity index (χ4v) is 2.63. The third kappa shape index (κ3) is 4.42. The topological polar surface area (TPSA) is 72.7 Å². The monoisotopic (exact) mass is 356 g/mol. The molecule has 2 rings (SSSR count). The van der Waals surface area contributed by atoms with Crippen molar-refractivity contribution < 1.29 is 14.5 Å². The minimum Gasteiger partial charge on any atom is -0.482 e. The van der Waals surface area contributed by atoms with Crippen molar-refractivity contribution in [2.75, 3.05) is 19.7 Å². The lowest BCUT2D eigenvalue weighted by molar-refractivity contribution is -0.385. The lowest BCUT2D eigenvalue weighted by Gasteiger charge is -2.20. The van der Waals surface area contributed by atoms with Gasteiger partial charge in [0.25, 0.3) is 11.6 Å². The summed E-state index contributed by atoms with van der Waals surface area (Å²) in [5.41, 5.74) is -0.0598. The van der Waals surface area contributed by atoms with Crippen molar-refractivity contribution in [1.29, 1.82) is 0 Å². The van der Waals surface area contributed by atoms with Gasteiger partial charge in [-0.3, -0.25) is 14.9 Å². The Morgan fingerprint density at radius 2 is 1.95 bits per heavy atom. The summed E-state index contributed by atoms with van der Waals surface area (Å²) in [6.45, 7) is 1.43. The maximum absolute atomic E-state index is 12.1. The Hall–Kier alpha value is -1.63. The van der Waals surface area contributed by atoms with Crippen LogP contribution in [0.4, 0.5) is 5.69 Å². The average molecular weight is 357 g/mol. The lowest BCUT2D eigenvalue weighted by atomic mass is 10.2. The molecule has 1 heterocycles. The number of non-ortho nitro benzene ring substituents is 1. The van der Waals surface area contributed by atoms with Crippen molar-refractivity contribution in [3.63, 3.8) is 0 Å². The van der Waals surface area contributed by atoms with E-state index >= 15 is 0 Å². The van der Waals surface area contributed by atoms with Crippen LogP contribution in [-0.4, -0.2) is 35.4 Å². The van der Waals surface area contributed by atoms with E-state index in [0.717, 1.165) is 38.8 Å². The first-order chi connectivity index (χ1) is 10.1. The van der Waals surface area contributed by atoms with Gasteiger partial charge in [0.05, 0.1) is 15.5 Å². The van der Waals surface area contributed by atoms with Gasteiger partial charge in [-0.1, -0.05) is 12.8 Å². The predicted molar refractivity (Wildman–Crippen MR) is 81.3 cm³/mol. The molecule has 6 nitrogen and oxygen atoms in total. The van der Waals surface area contributed by atoms with Crippen molar-refractivity contribution in [2.45, 2.75) is 25.7 Å². The van der Waals surface area contributed by atoms with Crippen molar-refractivity contribution in [1.82, 2.24) is 4.90 Å². The molecule has 1 aromatic carbocycles. The highest BCUT2D eigenvalue weighted by Crippen LogP contribution is 2.29. The normalized spacial score (nSPS) is 15.4. The molecule has 7 heteroatoms. The first kappa shape index (κ1) is 15.8. The largest absolute Gasteiger partial charge is 0.482 e. The molecule has 1 fully saturated rings. The molecule has 0 aromatic heterocycles. The number of halogens is 1. The summed E-state index contributed by atoms with van der Waals surface area (Å²) < 4.78 is 6.04. The summed E-state index contributed by atoms with van der Waals surface area (Å²) in [4.78, 5) is 24.2. The summed E-state index contributed by atoms with van der Waals surface area (Å²) in [5.74, 6) is 0.239. The molecule has 1 aliphatic heterocycles. The highest BCUT2D eigenvalue weighted by atomic mass is 79.9. The van der Waals surface area contributed by atoms with Crippen LogP contribution < -0.4 is 4.74 Å². The molecule has 0 aliphatic carbocycles. The quantitative estimate of drug-likeness (QED) is 0.613. The van der Waals surface area contributed by atoms with Gasteiger partial charge < -0.3 is 9.64 Å². The third-order valence-electron chi connectivity index (χ3n) is 3.44. The number of ether oxygens (including phenoxy) is 1. The van der Waals surface area contributed by atoms with Crippen LogP contribution in [0.25, 0.3) is 0 Å². The van der Waals surface area contributed by atoms with Crippen molar-refractivity contribution in [3.8, 4) is 5.75 Å². The average Bonchev–Trinajstić information content (AvgIpc) is 2.75. The number of nitrogens with zero attached hydrogens (tertiary/aromatic N) is 2. The molecule has 0 radical (unpaired) electrons. The number of nitro benzene ring substituents is 1. The van der Waals surface area contributed by atoms with E-state index in [9.17, 15) is 14.9 Å². The number of carbonyl (C=O) groups is 1. The molecule has 1 aromatic rings. The SMILES string of the molecule is O=C(COc1cc([N+](=O)[O-])ccc1Br)N1CCCCCC1. The van der Waals surface area contributed by atoms with E-state index in [1.807, 2.05) is 0 Å². The van der Waals surface area contributed by atoms with E-state index < -0.39 is 4.92 Å². The standard InChI is InChI=1S/C14H17BrN2O4/c15-12-6-5-11(17(19)20)9-13(12)21-10-14(18)16-7-3-1-2-4-8-16/h5-6,9H,1-4,7-8,10H2. The van der Waals surface area contributed by atoms with Gasteiger partial charge in [-0.2, -0.15) is 0 Å². The predicted octanol–water partition coefficient (Wildman–Crippen LogP) is 3.14. The molecule has 21 heavy (non-hydrogen) atoms. The van der Waals surface area contributed by atoms with Gasteiger partial charge in [0.15, 0.2) is 6.61 Å². The van der Waals surface area contributed by atoms with Crippen molar-refractivity contribution in [3.05, 3.63) is 32.8 Å². The maximum atomic E-state index is 12.1. The number of amides is 1. The van der Waals surface area contributed by atoms with Gasteiger partial charge in [-0.05, 0) is 34.8 Å². The second-order valence-electron chi connectivity index (χ2n) is 4.96. The molecule has 114 valence electrons. The zero-order valence-corrected chi connectivity index (χ0v) is 13.2. The molecule has 0 N–H and O–H groups in total. The number of carbonyl (C=O) groups excluding carboxylic acids is 1. The van der Waals surface area contributed by atoms with Crippen LogP contribution in [0.5, 0.6) is 5.75 Å². The van der Waals surface area contributed by atoms with Crippen LogP contribution in [0.15, 0.2) is 22.7 Å². The summed E-state index contributed by atoms with van der Waals surface area (Å²) >= 11 is 3.27. The van der Waals surface area contributed by atoms with E-state index in [1.54, 1.807) is 11.0 Å². The number of hydrogen-bond acceptors (Lipinski definition) is 4. The Balaban J connectivity index is 1.97. The van der Waals surface area contributed by atoms with Gasteiger partial charge in [-0.15, -0.1) is 0 Å². The van der Waals surface area contributed by atoms with E-state index in [0.29, 0.717) is 10.2 Å². The zero-order chi connectivity index (χ0) is 15.2. The highest BCUT2D eigenvalue weighted by Gasteiger charge is 2.17. The number of rotatable bonds is 4. The number of nitro groups is 1. The Morgan fingerprint density at radius 1 is 1.29 bits per heavy atom. The van der Waals surface area contributed by atoms with E-state index in [-0.39, 0.29) is 18.2 Å². The number of likely N-dealkylation sites (tertiary alicyclic amines) is 1. The fraction of sp³-hybridized carbons (Fsp3) is 0.500. The molecular formula is C14H17BrN2O4. The van der Waals surface area contributed by atoms with Gasteiger partial charge in [0.2, 0.25) is 0 Å². The van der Waals surface area contributed by atoms with Gasteiger partial charge in [0, 0.05) is 19.2 Å². The van der Waals surface area contributed by atoms with Crippen molar-refractivity contribution >= 4 is 27.5 Å². The Kier molecular flexibility index (Phi) is 5.55. The molecule has 0 atom stereocenters. The summed E-state index contributed by atoms with van der Waals surface area (Å²) in [6, 6.07) is 4.25. The first-order valence-corrected chi connectivity index (χ1v) is 7.72. The van der Waals surface area contributed by atoms with E-state index in [2.05, 4.69) is 15.9 Å². The van der Waals surface area contributed by atoms with Crippen LogP contribution in [0.3, 0.4) is 0 Å². The highest BCUT2D eigenvalue weighted by molar-refractivity contribution is 9.10. The molecule has 0 unspecified atom stereocenters. The van der Waals surface area contributed by atoms with Gasteiger partial charge in [0.1, 0.15) is 5.75 Å². The van der Waals surface area contributed by atoms with Crippen LogP contribution in [-0.2, 0) is 4.79 Å². The van der Waals surface area contributed by atoms with Crippen molar-refractivity contribution in [2.24, 2.45) is 0 Å². The zero-order valence-electron chi connectivity index (χ0n) is 11.6. The molecular weight excluding hydrogens is 340 g/mol. The smallest absolute Gasteiger partial charge is 0.273 e. The van der Waals surface area contributed by atoms with E-state index in [4.69, 9.17) is 4.74 Å². The third-order valence-corrected chi connectivity index (χ3v) is 4.09. The van der Waals surface area contributed by atoms with Gasteiger partial charge >= 0.3 is 0 Å². The maximum Gasteiger partial charge on any atom is 0.273 e. The summed E-state index contributed by atoms with van der Waals surface area (Å²) in [7, 11) is 0. The Morgan fingerprint density at radius 3 is 2.57 bits per heavy atom. The fourth-order valence-electron chi connectivity index (χ4n) is 2.27. The number of hydrogen-bond donors (Lipinski definition) is 0. The molecule has 1 saturated heterocycles. The molecule has 0 spiro atoms. The Bertz CT molecular complexity index is 528. The van der Waals surface area contributed by atoms with Crippen LogP contribution in [0.2, 0.25) is 0 Å². The van der Waals surface area contributed by atoms with Crippen LogP contribution in [0.1, 0.15) is 25.7 Å². The first-order valence-electron chi connectivity index (χ1n) is 6.92. The molecule has 0 bridgehead atoms. The summed E-state index contributed by atoms with van der Waals surface area (Å²) in [5, 5.41) is 10.7. The van der Waals surface area contributed by atoms with Crippen LogP contribution >= 0.6 is 15.9 Å². The number of benzene rings is 1.